The molecule has 3 amide bonds. The van der Waals surface area contributed by atoms with Crippen LogP contribution in [0, 0.1) is 0 Å². The fourth-order valence-corrected chi connectivity index (χ4v) is 4.38. The molecule has 2 heterocycles. The fourth-order valence-electron chi connectivity index (χ4n) is 4.38. The van der Waals surface area contributed by atoms with E-state index < -0.39 is 35.9 Å². The third kappa shape index (κ3) is 5.14. The minimum atomic E-state index is -4.47. The van der Waals surface area contributed by atoms with Crippen LogP contribution < -0.4 is 16.8 Å². The lowest BCUT2D eigenvalue weighted by atomic mass is 10.00. The normalized spacial score (nSPS) is 18.1. The van der Waals surface area contributed by atoms with Crippen LogP contribution in [-0.2, 0) is 17.4 Å². The number of nitrogens with one attached hydrogen (secondary N) is 1. The first-order valence-corrected chi connectivity index (χ1v) is 11.0. The average Bonchev–Trinajstić information content (AvgIpc) is 3.38. The maximum Gasteiger partial charge on any atom is 0.416 e. The van der Waals surface area contributed by atoms with Gasteiger partial charge in [-0.2, -0.15) is 13.2 Å². The van der Waals surface area contributed by atoms with Crippen molar-refractivity contribution in [2.45, 2.75) is 37.5 Å². The van der Waals surface area contributed by atoms with Crippen LogP contribution in [0.25, 0.3) is 10.9 Å². The SMILES string of the molecule is NC(=O)n1cc(NC(=O)N2C[C@@H](N)C[C@H]2C(=O)CCc2cccc(C(F)(F)F)c2)c2ccccc21. The molecule has 0 unspecified atom stereocenters. The third-order valence-electron chi connectivity index (χ3n) is 6.07. The van der Waals surface area contributed by atoms with Crippen molar-refractivity contribution in [1.82, 2.24) is 9.47 Å². The molecule has 11 heteroatoms. The molecule has 1 aromatic heterocycles. The van der Waals surface area contributed by atoms with E-state index >= 15 is 0 Å². The number of carbonyl (C=O) groups excluding carboxylic acids is 3. The van der Waals surface area contributed by atoms with Gasteiger partial charge in [0.15, 0.2) is 5.78 Å². The molecule has 0 aliphatic carbocycles. The Balaban J connectivity index is 1.47. The number of fused-ring (bicyclic) bond motifs is 1. The van der Waals surface area contributed by atoms with E-state index in [1.807, 2.05) is 0 Å². The summed E-state index contributed by atoms with van der Waals surface area (Å²) in [5.74, 6) is -0.287. The van der Waals surface area contributed by atoms with Gasteiger partial charge in [0.05, 0.1) is 22.8 Å². The monoisotopic (exact) mass is 487 g/mol. The number of likely N-dealkylation sites (tertiary alicyclic amines) is 1. The van der Waals surface area contributed by atoms with Gasteiger partial charge in [-0.1, -0.05) is 36.4 Å². The number of primary amides is 1. The number of aryl methyl sites for hydroxylation is 1. The van der Waals surface area contributed by atoms with E-state index in [4.69, 9.17) is 11.5 Å². The van der Waals surface area contributed by atoms with E-state index in [1.165, 1.54) is 27.8 Å². The van der Waals surface area contributed by atoms with Gasteiger partial charge in [0.2, 0.25) is 0 Å². The number of nitrogens with two attached hydrogens (primary N) is 2. The molecule has 0 radical (unpaired) electrons. The van der Waals surface area contributed by atoms with Crippen LogP contribution in [0.2, 0.25) is 0 Å². The molecule has 2 aromatic carbocycles. The van der Waals surface area contributed by atoms with Gasteiger partial charge in [-0.25, -0.2) is 9.59 Å². The molecule has 184 valence electrons. The summed E-state index contributed by atoms with van der Waals surface area (Å²) in [6.07, 6.45) is -2.74. The molecule has 0 bridgehead atoms. The zero-order valence-electron chi connectivity index (χ0n) is 18.6. The second-order valence-electron chi connectivity index (χ2n) is 8.53. The van der Waals surface area contributed by atoms with E-state index in [1.54, 1.807) is 24.3 Å². The van der Waals surface area contributed by atoms with Gasteiger partial charge >= 0.3 is 18.2 Å². The third-order valence-corrected chi connectivity index (χ3v) is 6.07. The molecule has 4 rings (SSSR count). The van der Waals surface area contributed by atoms with Crippen molar-refractivity contribution in [2.75, 3.05) is 11.9 Å². The molecular weight excluding hydrogens is 463 g/mol. The molecule has 1 aliphatic heterocycles. The predicted octanol–water partition coefficient (Wildman–Crippen LogP) is 3.72. The van der Waals surface area contributed by atoms with Crippen LogP contribution >= 0.6 is 0 Å². The Morgan fingerprint density at radius 2 is 1.83 bits per heavy atom. The van der Waals surface area contributed by atoms with E-state index in [9.17, 15) is 27.6 Å². The van der Waals surface area contributed by atoms with Gasteiger partial charge in [-0.3, -0.25) is 9.36 Å². The lowest BCUT2D eigenvalue weighted by Gasteiger charge is -2.24. The Kier molecular flexibility index (Phi) is 6.53. The summed E-state index contributed by atoms with van der Waals surface area (Å²) < 4.78 is 40.1. The summed E-state index contributed by atoms with van der Waals surface area (Å²) in [5, 5.41) is 3.32. The Hall–Kier alpha value is -3.86. The van der Waals surface area contributed by atoms with Gasteiger partial charge in [0.1, 0.15) is 0 Å². The molecule has 1 fully saturated rings. The lowest BCUT2D eigenvalue weighted by molar-refractivity contribution is -0.137. The molecule has 5 N–H and O–H groups in total. The maximum atomic E-state index is 13.1. The van der Waals surface area contributed by atoms with Crippen molar-refractivity contribution in [2.24, 2.45) is 11.5 Å². The van der Waals surface area contributed by atoms with E-state index in [-0.39, 0.29) is 31.6 Å². The lowest BCUT2D eigenvalue weighted by Crippen LogP contribution is -2.43. The minimum Gasteiger partial charge on any atom is -0.351 e. The number of urea groups is 1. The van der Waals surface area contributed by atoms with Crippen LogP contribution in [0.3, 0.4) is 0 Å². The molecule has 8 nitrogen and oxygen atoms in total. The number of aromatic nitrogens is 1. The molecule has 0 spiro atoms. The second kappa shape index (κ2) is 9.41. The summed E-state index contributed by atoms with van der Waals surface area (Å²) in [6, 6.07) is 9.19. The Bertz CT molecular complexity index is 1290. The summed E-state index contributed by atoms with van der Waals surface area (Å²) in [4.78, 5) is 39.1. The second-order valence-corrected chi connectivity index (χ2v) is 8.53. The van der Waals surface area contributed by atoms with Crippen LogP contribution in [0.5, 0.6) is 0 Å². The van der Waals surface area contributed by atoms with Gasteiger partial charge in [-0.05, 0) is 30.5 Å². The zero-order valence-corrected chi connectivity index (χ0v) is 18.6. The van der Waals surface area contributed by atoms with E-state index in [0.717, 1.165) is 12.1 Å². The molecule has 0 saturated carbocycles. The quantitative estimate of drug-likeness (QED) is 0.507. The average molecular weight is 487 g/mol. The highest BCUT2D eigenvalue weighted by molar-refractivity contribution is 6.05. The number of halogens is 3. The van der Waals surface area contributed by atoms with Crippen molar-refractivity contribution >= 4 is 34.4 Å². The molecule has 1 aliphatic rings. The van der Waals surface area contributed by atoms with Crippen LogP contribution in [0.1, 0.15) is 24.0 Å². The number of Topliss-reactive ketones (excluding diaryl/α,β-unsaturated/α-hetero) is 1. The number of carbonyl (C=O) groups is 3. The number of para-hydroxylation sites is 1. The number of amides is 3. The smallest absolute Gasteiger partial charge is 0.351 e. The highest BCUT2D eigenvalue weighted by Crippen LogP contribution is 2.30. The largest absolute Gasteiger partial charge is 0.416 e. The van der Waals surface area contributed by atoms with Crippen molar-refractivity contribution in [1.29, 1.82) is 0 Å². The van der Waals surface area contributed by atoms with Crippen molar-refractivity contribution in [3.63, 3.8) is 0 Å². The van der Waals surface area contributed by atoms with Gasteiger partial charge in [0, 0.05) is 30.6 Å². The topological polar surface area (TPSA) is 123 Å². The Morgan fingerprint density at radius 1 is 1.09 bits per heavy atom. The first-order chi connectivity index (χ1) is 16.5. The summed E-state index contributed by atoms with van der Waals surface area (Å²) >= 11 is 0. The number of alkyl halides is 3. The number of nitrogens with zero attached hydrogens (tertiary/aromatic N) is 2. The highest BCUT2D eigenvalue weighted by atomic mass is 19.4. The zero-order chi connectivity index (χ0) is 25.3. The van der Waals surface area contributed by atoms with Gasteiger partial charge in [-0.15, -0.1) is 0 Å². The number of ketones is 1. The van der Waals surface area contributed by atoms with Gasteiger partial charge in [0.25, 0.3) is 0 Å². The Labute approximate surface area is 198 Å². The number of anilines is 1. The summed E-state index contributed by atoms with van der Waals surface area (Å²) in [7, 11) is 0. The van der Waals surface area contributed by atoms with E-state index in [0.29, 0.717) is 22.2 Å². The van der Waals surface area contributed by atoms with Gasteiger partial charge < -0.3 is 21.7 Å². The molecule has 1 saturated heterocycles. The maximum absolute atomic E-state index is 13.1. The number of benzene rings is 2. The van der Waals surface area contributed by atoms with Crippen molar-refractivity contribution in [3.05, 3.63) is 65.9 Å². The first kappa shape index (κ1) is 24.3. The fraction of sp³-hybridized carbons (Fsp3) is 0.292. The molecule has 35 heavy (non-hydrogen) atoms. The van der Waals surface area contributed by atoms with Crippen LogP contribution in [-0.4, -0.2) is 45.9 Å². The summed E-state index contributed by atoms with van der Waals surface area (Å²) in [5.41, 5.74) is 11.9. The molecule has 2 atom stereocenters. The highest BCUT2D eigenvalue weighted by Gasteiger charge is 2.38. The predicted molar refractivity (Wildman–Crippen MR) is 124 cm³/mol. The number of rotatable bonds is 5. The standard InChI is InChI=1S/C24H24F3N5O3/c25-24(26,27)15-5-3-4-14(10-15)8-9-21(33)20-11-16(28)12-32(20)23(35)30-18-13-31(22(29)34)19-7-2-1-6-17(18)19/h1-7,10,13,16,20H,8-9,11-12,28H2,(H2,29,34)(H,30,35)/t16-,20-/m0/s1. The number of hydrogen-bond acceptors (Lipinski definition) is 4. The minimum absolute atomic E-state index is 0.0382. The summed E-state index contributed by atoms with van der Waals surface area (Å²) in [6.45, 7) is 0.139. The van der Waals surface area contributed by atoms with E-state index in [2.05, 4.69) is 5.32 Å². The number of hydrogen-bond donors (Lipinski definition) is 3. The van der Waals surface area contributed by atoms with Crippen molar-refractivity contribution in [3.8, 4) is 0 Å². The van der Waals surface area contributed by atoms with Crippen molar-refractivity contribution < 1.29 is 27.6 Å². The molecular formula is C24H24F3N5O3. The van der Waals surface area contributed by atoms with Crippen LogP contribution in [0.4, 0.5) is 28.4 Å². The Morgan fingerprint density at radius 3 is 2.54 bits per heavy atom. The molecule has 3 aromatic rings. The first-order valence-electron chi connectivity index (χ1n) is 11.0. The van der Waals surface area contributed by atoms with Crippen LogP contribution in [0.15, 0.2) is 54.7 Å².